The fraction of sp³-hybridized carbons (Fsp3) is 0.333. The molecule has 3 aromatic carbocycles. The number of aromatic nitrogens is 3. The molecule has 0 aliphatic carbocycles. The number of halogens is 3. The molecule has 1 aromatic heterocycles. The number of ether oxygens (including phenoxy) is 1. The Bertz CT molecular complexity index is 1620. The summed E-state index contributed by atoms with van der Waals surface area (Å²) in [5.74, 6) is 1.67. The first-order chi connectivity index (χ1) is 21.6. The maximum Gasteiger partial charge on any atom is 0.573 e. The molecule has 1 aliphatic heterocycles. The van der Waals surface area contributed by atoms with Gasteiger partial charge in [-0.05, 0) is 66.1 Å². The third-order valence-electron chi connectivity index (χ3n) is 7.45. The van der Waals surface area contributed by atoms with E-state index < -0.39 is 6.36 Å². The quantitative estimate of drug-likeness (QED) is 0.200. The van der Waals surface area contributed by atoms with Gasteiger partial charge in [-0.15, -0.1) is 18.3 Å². The van der Waals surface area contributed by atoms with Gasteiger partial charge in [0.25, 0.3) is 0 Å². The Morgan fingerprint density at radius 1 is 1.04 bits per heavy atom. The van der Waals surface area contributed by atoms with E-state index >= 15 is 0 Å². The summed E-state index contributed by atoms with van der Waals surface area (Å²) in [5.41, 5.74) is 4.82. The van der Waals surface area contributed by atoms with Gasteiger partial charge in [-0.25, -0.2) is 14.5 Å². The monoisotopic (exact) mass is 636 g/mol. The van der Waals surface area contributed by atoms with Crippen LogP contribution in [0.3, 0.4) is 0 Å². The number of hydrogen-bond acceptors (Lipinski definition) is 5. The lowest BCUT2D eigenvalue weighted by atomic mass is 9.96. The molecule has 8 nitrogen and oxygen atoms in total. The molecule has 0 radical (unpaired) electrons. The number of para-hydroxylation sites is 1. The second kappa shape index (κ2) is 14.2. The molecule has 1 N–H and O–H groups in total. The van der Waals surface area contributed by atoms with Gasteiger partial charge in [-0.2, -0.15) is 4.99 Å². The van der Waals surface area contributed by atoms with E-state index in [1.807, 2.05) is 36.4 Å². The Balaban J connectivity index is 1.15. The summed E-state index contributed by atoms with van der Waals surface area (Å²) >= 11 is 1.61. The van der Waals surface area contributed by atoms with Crippen molar-refractivity contribution in [3.63, 3.8) is 0 Å². The highest BCUT2D eigenvalue weighted by Crippen LogP contribution is 2.32. The van der Waals surface area contributed by atoms with Crippen LogP contribution in [0.5, 0.6) is 5.75 Å². The molecule has 1 fully saturated rings. The first-order valence-corrected chi connectivity index (χ1v) is 15.8. The van der Waals surface area contributed by atoms with Crippen molar-refractivity contribution in [1.82, 2.24) is 20.1 Å². The van der Waals surface area contributed by atoms with Gasteiger partial charge >= 0.3 is 12.4 Å². The van der Waals surface area contributed by atoms with E-state index in [1.165, 1.54) is 40.8 Å². The van der Waals surface area contributed by atoms with Crippen LogP contribution in [0, 0.1) is 0 Å². The second-order valence-electron chi connectivity index (χ2n) is 11.1. The predicted molar refractivity (Wildman–Crippen MR) is 172 cm³/mol. The summed E-state index contributed by atoms with van der Waals surface area (Å²) in [6.45, 7) is 7.77. The van der Waals surface area contributed by atoms with Crippen molar-refractivity contribution in [1.29, 1.82) is 0 Å². The highest BCUT2D eigenvalue weighted by atomic mass is 32.2. The van der Waals surface area contributed by atoms with Crippen LogP contribution in [0.2, 0.25) is 0 Å². The fourth-order valence-electron chi connectivity index (χ4n) is 5.07. The lowest BCUT2D eigenvalue weighted by Gasteiger charge is -2.31. The van der Waals surface area contributed by atoms with Crippen LogP contribution in [-0.2, 0) is 0 Å². The molecular formula is C33H35F3N6O2S. The van der Waals surface area contributed by atoms with Crippen molar-refractivity contribution in [3.05, 3.63) is 90.3 Å². The van der Waals surface area contributed by atoms with Crippen molar-refractivity contribution < 1.29 is 22.7 Å². The molecule has 2 amide bonds. The van der Waals surface area contributed by atoms with Crippen molar-refractivity contribution in [3.8, 4) is 22.8 Å². The smallest absolute Gasteiger partial charge is 0.406 e. The molecule has 12 heteroatoms. The molecule has 1 saturated heterocycles. The number of benzene rings is 3. The number of amides is 2. The van der Waals surface area contributed by atoms with E-state index in [1.54, 1.807) is 11.8 Å². The number of amidine groups is 1. The molecular weight excluding hydrogens is 601 g/mol. The number of anilines is 1. The van der Waals surface area contributed by atoms with Gasteiger partial charge < -0.3 is 15.0 Å². The Labute approximate surface area is 264 Å². The molecule has 1 unspecified atom stereocenters. The van der Waals surface area contributed by atoms with Crippen LogP contribution in [0.25, 0.3) is 17.1 Å². The van der Waals surface area contributed by atoms with E-state index in [9.17, 15) is 18.0 Å². The third-order valence-corrected chi connectivity index (χ3v) is 8.52. The molecule has 0 saturated carbocycles. The lowest BCUT2D eigenvalue weighted by Crippen LogP contribution is -2.36. The summed E-state index contributed by atoms with van der Waals surface area (Å²) in [4.78, 5) is 23.7. The summed E-state index contributed by atoms with van der Waals surface area (Å²) in [5, 5.41) is 8.15. The minimum atomic E-state index is -4.74. The molecule has 1 aliphatic rings. The highest BCUT2D eigenvalue weighted by Gasteiger charge is 2.31. The number of aliphatic imine (C=N–C) groups is 1. The first kappa shape index (κ1) is 32.1. The van der Waals surface area contributed by atoms with E-state index in [4.69, 9.17) is 0 Å². The molecule has 45 heavy (non-hydrogen) atoms. The van der Waals surface area contributed by atoms with Crippen LogP contribution in [0.4, 0.5) is 23.7 Å². The van der Waals surface area contributed by atoms with E-state index in [0.29, 0.717) is 24.0 Å². The zero-order valence-electron chi connectivity index (χ0n) is 25.3. The van der Waals surface area contributed by atoms with E-state index in [2.05, 4.69) is 62.9 Å². The molecule has 0 spiro atoms. The van der Waals surface area contributed by atoms with Crippen LogP contribution in [-0.4, -0.2) is 51.2 Å². The number of carbonyl (C=O) groups is 1. The first-order valence-electron chi connectivity index (χ1n) is 14.8. The molecule has 1 atom stereocenters. The van der Waals surface area contributed by atoms with Gasteiger partial charge in [0.15, 0.2) is 11.0 Å². The topological polar surface area (TPSA) is 84.6 Å². The highest BCUT2D eigenvalue weighted by molar-refractivity contribution is 8.14. The number of thioether (sulfide) groups is 1. The zero-order valence-corrected chi connectivity index (χ0v) is 26.1. The molecule has 5 rings (SSSR count). The van der Waals surface area contributed by atoms with Crippen molar-refractivity contribution >= 4 is 28.6 Å². The minimum Gasteiger partial charge on any atom is -0.406 e. The Morgan fingerprint density at radius 2 is 1.78 bits per heavy atom. The average molecular weight is 637 g/mol. The molecule has 236 valence electrons. The SMILES string of the molecule is CC(C)c1ccccc1N1CCCS/C1=N\C(=O)NCCC(C)c1ccc(-c2ncn(-c3ccc(OC(F)(F)F)cc3)n2)cc1. The van der Waals surface area contributed by atoms with Crippen LogP contribution < -0.4 is 15.0 Å². The number of hydrogen-bond donors (Lipinski definition) is 1. The average Bonchev–Trinajstić information content (AvgIpc) is 3.51. The van der Waals surface area contributed by atoms with Crippen LogP contribution in [0.15, 0.2) is 84.1 Å². The molecule has 4 aromatic rings. The maximum atomic E-state index is 12.8. The van der Waals surface area contributed by atoms with Gasteiger partial charge in [-0.1, -0.05) is 75.0 Å². The molecule has 0 bridgehead atoms. The van der Waals surface area contributed by atoms with Crippen molar-refractivity contribution in [2.45, 2.75) is 51.8 Å². The van der Waals surface area contributed by atoms with Gasteiger partial charge in [0, 0.05) is 30.1 Å². The standard InChI is InChI=1S/C33H35F3N6O2S/c1-22(2)28-7-4-5-8-29(28)41-19-6-20-45-32(41)39-31(43)37-18-17-23(3)24-9-11-25(12-10-24)30-38-21-42(40-30)26-13-15-27(16-14-26)44-33(34,35)36/h4-5,7-16,21-23H,6,17-20H2,1-3H3,(H,37,43)/b39-32-. The number of urea groups is 1. The summed E-state index contributed by atoms with van der Waals surface area (Å²) < 4.78 is 42.7. The Morgan fingerprint density at radius 3 is 2.49 bits per heavy atom. The van der Waals surface area contributed by atoms with Gasteiger partial charge in [0.2, 0.25) is 0 Å². The number of nitrogens with one attached hydrogen (secondary N) is 1. The van der Waals surface area contributed by atoms with Gasteiger partial charge in [0.05, 0.1) is 5.69 Å². The number of nitrogens with zero attached hydrogens (tertiary/aromatic N) is 5. The van der Waals surface area contributed by atoms with Crippen molar-refractivity contribution in [2.24, 2.45) is 4.99 Å². The van der Waals surface area contributed by atoms with Crippen LogP contribution >= 0.6 is 11.8 Å². The van der Waals surface area contributed by atoms with Gasteiger partial charge in [-0.3, -0.25) is 0 Å². The minimum absolute atomic E-state index is 0.188. The summed E-state index contributed by atoms with van der Waals surface area (Å²) in [6, 6.07) is 21.3. The lowest BCUT2D eigenvalue weighted by molar-refractivity contribution is -0.274. The van der Waals surface area contributed by atoms with Crippen LogP contribution in [0.1, 0.15) is 56.6 Å². The Kier molecular flexibility index (Phi) is 10.1. The van der Waals surface area contributed by atoms with Crippen molar-refractivity contribution in [2.75, 3.05) is 23.7 Å². The van der Waals surface area contributed by atoms with E-state index in [0.717, 1.165) is 47.1 Å². The number of carbonyl (C=O) groups excluding carboxylic acids is 1. The second-order valence-corrected chi connectivity index (χ2v) is 12.1. The van der Waals surface area contributed by atoms with Gasteiger partial charge in [0.1, 0.15) is 12.1 Å². The summed E-state index contributed by atoms with van der Waals surface area (Å²) in [6.07, 6.45) is -1.47. The summed E-state index contributed by atoms with van der Waals surface area (Å²) in [7, 11) is 0. The number of alkyl halides is 3. The Hall–Kier alpha value is -4.32. The normalized spacial score (nSPS) is 15.4. The molecule has 2 heterocycles. The zero-order chi connectivity index (χ0) is 32.0. The largest absolute Gasteiger partial charge is 0.573 e. The fourth-order valence-corrected chi connectivity index (χ4v) is 6.02. The maximum absolute atomic E-state index is 12.8. The third kappa shape index (κ3) is 8.44. The number of rotatable bonds is 9. The van der Waals surface area contributed by atoms with E-state index in [-0.39, 0.29) is 17.7 Å². The predicted octanol–water partition coefficient (Wildman–Crippen LogP) is 8.16.